The van der Waals surface area contributed by atoms with E-state index in [1.54, 1.807) is 10.9 Å². The van der Waals surface area contributed by atoms with Crippen LogP contribution in [0.1, 0.15) is 31.1 Å². The maximum absolute atomic E-state index is 11.4. The topological polar surface area (TPSA) is 55.1 Å². The van der Waals surface area contributed by atoms with Crippen LogP contribution < -0.4 is 0 Å². The van der Waals surface area contributed by atoms with E-state index < -0.39 is 5.97 Å². The molecule has 0 radical (unpaired) electrons. The standard InChI is InChI=1S/C14H15BrN2O2/c1-14(2,3)17-8-11(13(18)19)12(16-17)9-5-4-6-10(15)7-9/h4-8H,1-3H3,(H,18,19). The Kier molecular flexibility index (Phi) is 3.49. The Morgan fingerprint density at radius 2 is 2.05 bits per heavy atom. The molecule has 0 bridgehead atoms. The first-order valence-electron chi connectivity index (χ1n) is 5.88. The molecule has 0 fully saturated rings. The molecule has 2 rings (SSSR count). The lowest BCUT2D eigenvalue weighted by atomic mass is 10.1. The fraction of sp³-hybridized carbons (Fsp3) is 0.286. The Hall–Kier alpha value is -1.62. The predicted molar refractivity (Wildman–Crippen MR) is 77.3 cm³/mol. The lowest BCUT2D eigenvalue weighted by molar-refractivity contribution is 0.0697. The maximum atomic E-state index is 11.4. The molecule has 0 unspecified atom stereocenters. The second kappa shape index (κ2) is 4.81. The van der Waals surface area contributed by atoms with E-state index in [1.165, 1.54) is 0 Å². The van der Waals surface area contributed by atoms with Crippen molar-refractivity contribution < 1.29 is 9.90 Å². The van der Waals surface area contributed by atoms with Crippen molar-refractivity contribution in [3.63, 3.8) is 0 Å². The molecule has 0 saturated carbocycles. The molecule has 100 valence electrons. The molecule has 19 heavy (non-hydrogen) atoms. The van der Waals surface area contributed by atoms with Crippen molar-refractivity contribution >= 4 is 21.9 Å². The molecule has 0 aliphatic heterocycles. The zero-order chi connectivity index (χ0) is 14.2. The Morgan fingerprint density at radius 3 is 2.58 bits per heavy atom. The predicted octanol–water partition coefficient (Wildman–Crippen LogP) is 3.77. The highest BCUT2D eigenvalue weighted by atomic mass is 79.9. The van der Waals surface area contributed by atoms with Crippen LogP contribution in [-0.4, -0.2) is 20.9 Å². The molecule has 1 heterocycles. The van der Waals surface area contributed by atoms with Gasteiger partial charge in [-0.05, 0) is 32.9 Å². The summed E-state index contributed by atoms with van der Waals surface area (Å²) in [4.78, 5) is 11.4. The summed E-state index contributed by atoms with van der Waals surface area (Å²) in [5, 5.41) is 13.7. The van der Waals surface area contributed by atoms with Crippen LogP contribution in [0.3, 0.4) is 0 Å². The van der Waals surface area contributed by atoms with Crippen molar-refractivity contribution in [2.75, 3.05) is 0 Å². The highest BCUT2D eigenvalue weighted by molar-refractivity contribution is 9.10. The zero-order valence-electron chi connectivity index (χ0n) is 11.0. The first-order chi connectivity index (χ1) is 8.79. The molecule has 0 spiro atoms. The quantitative estimate of drug-likeness (QED) is 0.915. The highest BCUT2D eigenvalue weighted by Crippen LogP contribution is 2.27. The molecule has 1 N–H and O–H groups in total. The molecule has 2 aromatic rings. The summed E-state index contributed by atoms with van der Waals surface area (Å²) in [6.07, 6.45) is 1.58. The monoisotopic (exact) mass is 322 g/mol. The van der Waals surface area contributed by atoms with Crippen LogP contribution in [0, 0.1) is 0 Å². The maximum Gasteiger partial charge on any atom is 0.339 e. The van der Waals surface area contributed by atoms with Gasteiger partial charge in [-0.1, -0.05) is 28.1 Å². The second-order valence-corrected chi connectivity index (χ2v) is 6.24. The third-order valence-corrected chi connectivity index (χ3v) is 3.22. The van der Waals surface area contributed by atoms with E-state index in [-0.39, 0.29) is 11.1 Å². The van der Waals surface area contributed by atoms with Crippen molar-refractivity contribution in [2.24, 2.45) is 0 Å². The molecule has 0 amide bonds. The summed E-state index contributed by atoms with van der Waals surface area (Å²) in [6, 6.07) is 7.47. The molecule has 4 nitrogen and oxygen atoms in total. The van der Waals surface area contributed by atoms with Crippen molar-refractivity contribution in [2.45, 2.75) is 26.3 Å². The van der Waals surface area contributed by atoms with E-state index in [4.69, 9.17) is 0 Å². The third-order valence-electron chi connectivity index (χ3n) is 2.73. The number of aromatic carboxylic acids is 1. The SMILES string of the molecule is CC(C)(C)n1cc(C(=O)O)c(-c2cccc(Br)c2)n1. The van der Waals surface area contributed by atoms with Crippen molar-refractivity contribution in [3.05, 3.63) is 40.5 Å². The fourth-order valence-electron chi connectivity index (χ4n) is 1.72. The summed E-state index contributed by atoms with van der Waals surface area (Å²) in [5.74, 6) is -0.967. The van der Waals surface area contributed by atoms with Crippen LogP contribution in [-0.2, 0) is 5.54 Å². The fourth-order valence-corrected chi connectivity index (χ4v) is 2.12. The highest BCUT2D eigenvalue weighted by Gasteiger charge is 2.22. The first-order valence-corrected chi connectivity index (χ1v) is 6.68. The third kappa shape index (κ3) is 2.87. The average molecular weight is 323 g/mol. The minimum Gasteiger partial charge on any atom is -0.478 e. The Balaban J connectivity index is 2.62. The Bertz CT molecular complexity index is 627. The van der Waals surface area contributed by atoms with Crippen LogP contribution in [0.2, 0.25) is 0 Å². The number of aromatic nitrogens is 2. The smallest absolute Gasteiger partial charge is 0.339 e. The van der Waals surface area contributed by atoms with Gasteiger partial charge in [-0.15, -0.1) is 0 Å². The van der Waals surface area contributed by atoms with Crippen molar-refractivity contribution in [1.29, 1.82) is 0 Å². The van der Waals surface area contributed by atoms with Crippen LogP contribution >= 0.6 is 15.9 Å². The average Bonchev–Trinajstić information content (AvgIpc) is 2.73. The van der Waals surface area contributed by atoms with E-state index in [2.05, 4.69) is 21.0 Å². The van der Waals surface area contributed by atoms with E-state index in [1.807, 2.05) is 45.0 Å². The van der Waals surface area contributed by atoms with E-state index >= 15 is 0 Å². The molecule has 0 atom stereocenters. The molecule has 0 saturated heterocycles. The van der Waals surface area contributed by atoms with Gasteiger partial charge in [-0.3, -0.25) is 4.68 Å². The van der Waals surface area contributed by atoms with Gasteiger partial charge in [-0.25, -0.2) is 4.79 Å². The number of hydrogen-bond donors (Lipinski definition) is 1. The summed E-state index contributed by atoms with van der Waals surface area (Å²) in [6.45, 7) is 5.95. The second-order valence-electron chi connectivity index (χ2n) is 5.32. The van der Waals surface area contributed by atoms with E-state index in [0.29, 0.717) is 5.69 Å². The minimum atomic E-state index is -0.967. The zero-order valence-corrected chi connectivity index (χ0v) is 12.6. The van der Waals surface area contributed by atoms with Crippen molar-refractivity contribution in [1.82, 2.24) is 9.78 Å². The van der Waals surface area contributed by atoms with Gasteiger partial charge in [0, 0.05) is 16.2 Å². The molecule has 0 aliphatic carbocycles. The molecule has 1 aromatic heterocycles. The molecular weight excluding hydrogens is 308 g/mol. The minimum absolute atomic E-state index is 0.216. The van der Waals surface area contributed by atoms with Crippen LogP contribution in [0.4, 0.5) is 0 Å². The number of rotatable bonds is 2. The van der Waals surface area contributed by atoms with Gasteiger partial charge in [0.05, 0.1) is 5.54 Å². The molecular formula is C14H15BrN2O2. The van der Waals surface area contributed by atoms with Gasteiger partial charge < -0.3 is 5.11 Å². The van der Waals surface area contributed by atoms with Crippen LogP contribution in [0.5, 0.6) is 0 Å². The van der Waals surface area contributed by atoms with E-state index in [0.717, 1.165) is 10.0 Å². The van der Waals surface area contributed by atoms with Crippen LogP contribution in [0.15, 0.2) is 34.9 Å². The molecule has 5 heteroatoms. The van der Waals surface area contributed by atoms with Crippen molar-refractivity contribution in [3.8, 4) is 11.3 Å². The Morgan fingerprint density at radius 1 is 1.37 bits per heavy atom. The Labute approximate surface area is 120 Å². The largest absolute Gasteiger partial charge is 0.478 e. The number of benzene rings is 1. The lowest BCUT2D eigenvalue weighted by Gasteiger charge is -2.18. The van der Waals surface area contributed by atoms with Crippen LogP contribution in [0.25, 0.3) is 11.3 Å². The number of halogens is 1. The normalized spacial score (nSPS) is 11.6. The van der Waals surface area contributed by atoms with Gasteiger partial charge >= 0.3 is 5.97 Å². The summed E-state index contributed by atoms with van der Waals surface area (Å²) < 4.78 is 2.58. The number of nitrogens with zero attached hydrogens (tertiary/aromatic N) is 2. The number of carbonyl (C=O) groups is 1. The van der Waals surface area contributed by atoms with Gasteiger partial charge in [0.2, 0.25) is 0 Å². The molecule has 0 aliphatic rings. The summed E-state index contributed by atoms with van der Waals surface area (Å²) in [5.41, 5.74) is 1.24. The number of hydrogen-bond acceptors (Lipinski definition) is 2. The van der Waals surface area contributed by atoms with Gasteiger partial charge in [0.1, 0.15) is 11.3 Å². The number of carboxylic acids is 1. The van der Waals surface area contributed by atoms with Gasteiger partial charge in [-0.2, -0.15) is 5.10 Å². The molecule has 1 aromatic carbocycles. The lowest BCUT2D eigenvalue weighted by Crippen LogP contribution is -2.22. The first kappa shape index (κ1) is 13.8. The summed E-state index contributed by atoms with van der Waals surface area (Å²) in [7, 11) is 0. The number of carboxylic acid groups (broad SMARTS) is 1. The van der Waals surface area contributed by atoms with E-state index in [9.17, 15) is 9.90 Å². The van der Waals surface area contributed by atoms with Gasteiger partial charge in [0.25, 0.3) is 0 Å². The summed E-state index contributed by atoms with van der Waals surface area (Å²) >= 11 is 3.39. The van der Waals surface area contributed by atoms with Gasteiger partial charge in [0.15, 0.2) is 0 Å².